The molecule has 3 rings (SSSR count). The molecule has 0 atom stereocenters. The molecule has 1 aromatic carbocycles. The molecule has 0 unspecified atom stereocenters. The number of hydrogen-bond donors (Lipinski definition) is 3. The summed E-state index contributed by atoms with van der Waals surface area (Å²) in [6.07, 6.45) is 5.50. The lowest BCUT2D eigenvalue weighted by Gasteiger charge is -2.10. The van der Waals surface area contributed by atoms with Crippen LogP contribution in [0.1, 0.15) is 13.8 Å². The maximum Gasteiger partial charge on any atom is 0.318 e. The fourth-order valence-electron chi connectivity index (χ4n) is 2.48. The number of rotatable bonds is 5. The van der Waals surface area contributed by atoms with Crippen LogP contribution in [0.3, 0.4) is 0 Å². The monoisotopic (exact) mass is 338 g/mol. The van der Waals surface area contributed by atoms with E-state index in [0.29, 0.717) is 5.92 Å². The van der Waals surface area contributed by atoms with Crippen molar-refractivity contribution in [1.29, 1.82) is 0 Å². The molecule has 7 heteroatoms. The number of nitrogens with zero attached hydrogens (tertiary/aromatic N) is 3. The third-order valence-corrected chi connectivity index (χ3v) is 3.77. The maximum absolute atomic E-state index is 11.4. The summed E-state index contributed by atoms with van der Waals surface area (Å²) in [7, 11) is 1.58. The highest BCUT2D eigenvalue weighted by molar-refractivity contribution is 5.89. The van der Waals surface area contributed by atoms with Gasteiger partial charge in [0.1, 0.15) is 0 Å². The van der Waals surface area contributed by atoms with Crippen LogP contribution in [0.15, 0.2) is 42.9 Å². The van der Waals surface area contributed by atoms with Crippen LogP contribution in [0.5, 0.6) is 0 Å². The van der Waals surface area contributed by atoms with Gasteiger partial charge in [0.05, 0.1) is 11.9 Å². The average molecular weight is 338 g/mol. The van der Waals surface area contributed by atoms with Gasteiger partial charge in [-0.25, -0.2) is 14.8 Å². The highest BCUT2D eigenvalue weighted by Crippen LogP contribution is 2.24. The van der Waals surface area contributed by atoms with Crippen molar-refractivity contribution in [3.8, 4) is 11.3 Å². The number of aromatic nitrogens is 3. The van der Waals surface area contributed by atoms with Crippen molar-refractivity contribution in [2.75, 3.05) is 24.2 Å². The molecule has 0 saturated heterocycles. The number of hydrogen-bond acceptors (Lipinski definition) is 4. The largest absolute Gasteiger partial charge is 0.367 e. The predicted molar refractivity (Wildman–Crippen MR) is 99.8 cm³/mol. The fraction of sp³-hybridized carbons (Fsp3) is 0.278. The first kappa shape index (κ1) is 16.8. The Balaban J connectivity index is 1.89. The van der Waals surface area contributed by atoms with Gasteiger partial charge in [-0.15, -0.1) is 0 Å². The second-order valence-corrected chi connectivity index (χ2v) is 6.17. The van der Waals surface area contributed by atoms with E-state index in [1.54, 1.807) is 13.2 Å². The molecule has 2 heterocycles. The summed E-state index contributed by atoms with van der Waals surface area (Å²) in [4.78, 5) is 20.3. The molecule has 7 nitrogen and oxygen atoms in total. The van der Waals surface area contributed by atoms with Crippen LogP contribution >= 0.6 is 0 Å². The highest BCUT2D eigenvalue weighted by atomic mass is 16.2. The smallest absolute Gasteiger partial charge is 0.318 e. The molecule has 0 saturated carbocycles. The maximum atomic E-state index is 11.4. The Labute approximate surface area is 146 Å². The SMILES string of the molecule is CNC(=O)Nc1ccc(-c2cnc3c(NCC(C)C)nccn23)cc1. The van der Waals surface area contributed by atoms with Gasteiger partial charge in [0.25, 0.3) is 0 Å². The van der Waals surface area contributed by atoms with E-state index in [0.717, 1.165) is 35.0 Å². The van der Waals surface area contributed by atoms with Crippen LogP contribution in [0, 0.1) is 5.92 Å². The minimum absolute atomic E-state index is 0.241. The number of carbonyl (C=O) groups is 1. The second kappa shape index (κ2) is 7.21. The van der Waals surface area contributed by atoms with Gasteiger partial charge in [0.15, 0.2) is 11.5 Å². The Morgan fingerprint density at radius 1 is 1.20 bits per heavy atom. The number of carbonyl (C=O) groups excluding carboxylic acids is 1. The van der Waals surface area contributed by atoms with E-state index in [9.17, 15) is 4.79 Å². The van der Waals surface area contributed by atoms with Crippen molar-refractivity contribution >= 4 is 23.2 Å². The van der Waals surface area contributed by atoms with E-state index < -0.39 is 0 Å². The average Bonchev–Trinajstić information content (AvgIpc) is 3.05. The first-order valence-electron chi connectivity index (χ1n) is 8.23. The third-order valence-electron chi connectivity index (χ3n) is 3.77. The van der Waals surface area contributed by atoms with Crippen molar-refractivity contribution in [3.05, 3.63) is 42.9 Å². The van der Waals surface area contributed by atoms with Gasteiger partial charge >= 0.3 is 6.03 Å². The van der Waals surface area contributed by atoms with Crippen molar-refractivity contribution in [2.45, 2.75) is 13.8 Å². The molecule has 0 aliphatic heterocycles. The van der Waals surface area contributed by atoms with E-state index in [2.05, 4.69) is 39.8 Å². The quantitative estimate of drug-likeness (QED) is 0.667. The van der Waals surface area contributed by atoms with Crippen molar-refractivity contribution in [3.63, 3.8) is 0 Å². The number of fused-ring (bicyclic) bond motifs is 1. The first-order chi connectivity index (χ1) is 12.1. The third kappa shape index (κ3) is 3.71. The highest BCUT2D eigenvalue weighted by Gasteiger charge is 2.10. The topological polar surface area (TPSA) is 83.3 Å². The molecule has 130 valence electrons. The summed E-state index contributed by atoms with van der Waals surface area (Å²) in [5, 5.41) is 8.61. The normalized spacial score (nSPS) is 10.9. The lowest BCUT2D eigenvalue weighted by molar-refractivity contribution is 0.254. The summed E-state index contributed by atoms with van der Waals surface area (Å²) in [5.41, 5.74) is 3.51. The molecule has 0 radical (unpaired) electrons. The Bertz CT molecular complexity index is 869. The van der Waals surface area contributed by atoms with Gasteiger partial charge < -0.3 is 16.0 Å². The van der Waals surface area contributed by atoms with Crippen LogP contribution < -0.4 is 16.0 Å². The summed E-state index contributed by atoms with van der Waals surface area (Å²) < 4.78 is 2.01. The van der Waals surface area contributed by atoms with Crippen LogP contribution in [0.2, 0.25) is 0 Å². The lowest BCUT2D eigenvalue weighted by Crippen LogP contribution is -2.24. The molecule has 0 bridgehead atoms. The Morgan fingerprint density at radius 2 is 1.96 bits per heavy atom. The van der Waals surface area contributed by atoms with E-state index >= 15 is 0 Å². The Hall–Kier alpha value is -3.09. The van der Waals surface area contributed by atoms with Gasteiger partial charge in [-0.2, -0.15) is 0 Å². The lowest BCUT2D eigenvalue weighted by atomic mass is 10.1. The van der Waals surface area contributed by atoms with Gasteiger partial charge in [-0.1, -0.05) is 26.0 Å². The second-order valence-electron chi connectivity index (χ2n) is 6.17. The van der Waals surface area contributed by atoms with Crippen LogP contribution in [0.4, 0.5) is 16.3 Å². The predicted octanol–water partition coefficient (Wildman–Crippen LogP) is 3.22. The molecule has 0 fully saturated rings. The molecule has 0 aliphatic carbocycles. The molecule has 3 aromatic rings. The zero-order chi connectivity index (χ0) is 17.8. The van der Waals surface area contributed by atoms with Gasteiger partial charge in [0, 0.05) is 37.2 Å². The molecule has 2 amide bonds. The zero-order valence-corrected chi connectivity index (χ0v) is 14.6. The van der Waals surface area contributed by atoms with Crippen LogP contribution in [-0.4, -0.2) is 34.0 Å². The van der Waals surface area contributed by atoms with E-state index in [1.807, 2.05) is 41.1 Å². The zero-order valence-electron chi connectivity index (χ0n) is 14.6. The summed E-state index contributed by atoms with van der Waals surface area (Å²) in [6.45, 7) is 5.14. The number of amides is 2. The fourth-order valence-corrected chi connectivity index (χ4v) is 2.48. The van der Waals surface area contributed by atoms with Gasteiger partial charge in [-0.05, 0) is 18.1 Å². The van der Waals surface area contributed by atoms with Gasteiger partial charge in [0.2, 0.25) is 0 Å². The minimum Gasteiger partial charge on any atom is -0.367 e. The van der Waals surface area contributed by atoms with Gasteiger partial charge in [-0.3, -0.25) is 4.40 Å². The number of imidazole rings is 1. The summed E-state index contributed by atoms with van der Waals surface area (Å²) >= 11 is 0. The van der Waals surface area contributed by atoms with Crippen molar-refractivity contribution in [1.82, 2.24) is 19.7 Å². The molecule has 25 heavy (non-hydrogen) atoms. The number of urea groups is 1. The minimum atomic E-state index is -0.241. The van der Waals surface area contributed by atoms with E-state index in [1.165, 1.54) is 0 Å². The Morgan fingerprint density at radius 3 is 2.64 bits per heavy atom. The van der Waals surface area contributed by atoms with E-state index in [-0.39, 0.29) is 6.03 Å². The molecule has 2 aromatic heterocycles. The molecular formula is C18H22N6O. The number of benzene rings is 1. The van der Waals surface area contributed by atoms with Crippen molar-refractivity contribution < 1.29 is 4.79 Å². The van der Waals surface area contributed by atoms with Crippen molar-refractivity contribution in [2.24, 2.45) is 5.92 Å². The summed E-state index contributed by atoms with van der Waals surface area (Å²) in [5.74, 6) is 1.30. The standard InChI is InChI=1S/C18H22N6O/c1-12(2)10-21-16-17-22-11-15(24(17)9-8-20-16)13-4-6-14(7-5-13)23-18(25)19-3/h4-9,11-12H,10H2,1-3H3,(H,20,21)(H2,19,23,25). The molecular weight excluding hydrogens is 316 g/mol. The summed E-state index contributed by atoms with van der Waals surface area (Å²) in [6, 6.07) is 7.40. The molecule has 0 spiro atoms. The molecule has 0 aliphatic rings. The van der Waals surface area contributed by atoms with E-state index in [4.69, 9.17) is 0 Å². The number of anilines is 2. The number of nitrogens with one attached hydrogen (secondary N) is 3. The molecule has 3 N–H and O–H groups in total. The Kier molecular flexibility index (Phi) is 4.83. The van der Waals surface area contributed by atoms with Crippen LogP contribution in [-0.2, 0) is 0 Å². The van der Waals surface area contributed by atoms with Crippen LogP contribution in [0.25, 0.3) is 16.9 Å². The first-order valence-corrected chi connectivity index (χ1v) is 8.23.